The summed E-state index contributed by atoms with van der Waals surface area (Å²) in [5.41, 5.74) is 1.17. The van der Waals surface area contributed by atoms with Crippen LogP contribution in [-0.4, -0.2) is 29.6 Å². The molecule has 98 valence electrons. The van der Waals surface area contributed by atoms with E-state index >= 15 is 0 Å². The topological polar surface area (TPSA) is 32.3 Å². The summed E-state index contributed by atoms with van der Waals surface area (Å²) < 4.78 is 0. The van der Waals surface area contributed by atoms with Gasteiger partial charge in [0.05, 0.1) is 6.04 Å². The number of carbonyl (C=O) groups is 1. The minimum Gasteiger partial charge on any atom is -0.322 e. The molecular weight excluding hydrogens is 244 g/mol. The van der Waals surface area contributed by atoms with E-state index in [1.807, 2.05) is 18.7 Å². The van der Waals surface area contributed by atoms with Gasteiger partial charge in [-0.2, -0.15) is 0 Å². The molecule has 1 aliphatic rings. The fourth-order valence-electron chi connectivity index (χ4n) is 2.37. The molecule has 1 amide bonds. The predicted molar refractivity (Wildman–Crippen MR) is 75.6 cm³/mol. The Morgan fingerprint density at radius 3 is 2.44 bits per heavy atom. The zero-order chi connectivity index (χ0) is 13.1. The summed E-state index contributed by atoms with van der Waals surface area (Å²) in [7, 11) is 0. The quantitative estimate of drug-likeness (QED) is 0.849. The summed E-state index contributed by atoms with van der Waals surface area (Å²) in [6, 6.07) is 8.41. The van der Waals surface area contributed by atoms with Crippen LogP contribution in [0, 0.1) is 0 Å². The molecule has 2 atom stereocenters. The van der Waals surface area contributed by atoms with Crippen molar-refractivity contribution in [1.29, 1.82) is 0 Å². The zero-order valence-corrected chi connectivity index (χ0v) is 12.0. The van der Waals surface area contributed by atoms with E-state index in [4.69, 9.17) is 0 Å². The highest BCUT2D eigenvalue weighted by Gasteiger charge is 2.37. The van der Waals surface area contributed by atoms with E-state index in [0.29, 0.717) is 0 Å². The summed E-state index contributed by atoms with van der Waals surface area (Å²) in [4.78, 5) is 15.3. The Labute approximate surface area is 113 Å². The smallest absolute Gasteiger partial charge is 0.241 e. The van der Waals surface area contributed by atoms with Crippen LogP contribution < -0.4 is 5.32 Å². The lowest BCUT2D eigenvalue weighted by molar-refractivity contribution is -0.129. The molecule has 4 heteroatoms. The van der Waals surface area contributed by atoms with Crippen LogP contribution in [0.25, 0.3) is 0 Å². The standard InChI is InChI=1S/C14H20N2OS/c1-4-12-14(17)16(5-2)13(15-12)10-6-8-11(18-3)9-7-10/h6-9,12-13,15H,4-5H2,1-3H3. The molecule has 1 aliphatic heterocycles. The van der Waals surface area contributed by atoms with Gasteiger partial charge in [-0.05, 0) is 37.3 Å². The molecule has 0 aliphatic carbocycles. The molecule has 1 saturated heterocycles. The van der Waals surface area contributed by atoms with Crippen molar-refractivity contribution in [2.24, 2.45) is 0 Å². The van der Waals surface area contributed by atoms with Gasteiger partial charge in [0.1, 0.15) is 6.17 Å². The van der Waals surface area contributed by atoms with Crippen molar-refractivity contribution in [2.45, 2.75) is 37.4 Å². The maximum Gasteiger partial charge on any atom is 0.241 e. The van der Waals surface area contributed by atoms with Crippen LogP contribution in [0.15, 0.2) is 29.2 Å². The largest absolute Gasteiger partial charge is 0.322 e. The maximum atomic E-state index is 12.1. The lowest BCUT2D eigenvalue weighted by Gasteiger charge is -2.23. The second-order valence-corrected chi connectivity index (χ2v) is 5.31. The van der Waals surface area contributed by atoms with Crippen molar-refractivity contribution in [2.75, 3.05) is 12.8 Å². The van der Waals surface area contributed by atoms with Gasteiger partial charge in [-0.3, -0.25) is 10.1 Å². The summed E-state index contributed by atoms with van der Waals surface area (Å²) >= 11 is 1.73. The highest BCUT2D eigenvalue weighted by Crippen LogP contribution is 2.27. The van der Waals surface area contributed by atoms with E-state index in [1.165, 1.54) is 10.5 Å². The lowest BCUT2D eigenvalue weighted by Crippen LogP contribution is -2.30. The molecule has 18 heavy (non-hydrogen) atoms. The number of nitrogens with zero attached hydrogens (tertiary/aromatic N) is 1. The molecule has 0 aromatic heterocycles. The fraction of sp³-hybridized carbons (Fsp3) is 0.500. The van der Waals surface area contributed by atoms with E-state index in [9.17, 15) is 4.79 Å². The van der Waals surface area contributed by atoms with Gasteiger partial charge in [0.15, 0.2) is 0 Å². The van der Waals surface area contributed by atoms with E-state index in [2.05, 4.69) is 35.8 Å². The number of hydrogen-bond acceptors (Lipinski definition) is 3. The van der Waals surface area contributed by atoms with E-state index in [0.717, 1.165) is 13.0 Å². The molecule has 0 radical (unpaired) electrons. The number of nitrogens with one attached hydrogen (secondary N) is 1. The molecule has 2 rings (SSSR count). The highest BCUT2D eigenvalue weighted by atomic mass is 32.2. The minimum absolute atomic E-state index is 0.0309. The van der Waals surface area contributed by atoms with Gasteiger partial charge in [0.2, 0.25) is 5.91 Å². The lowest BCUT2D eigenvalue weighted by atomic mass is 10.1. The van der Waals surface area contributed by atoms with Gasteiger partial charge < -0.3 is 4.90 Å². The third kappa shape index (κ3) is 2.40. The van der Waals surface area contributed by atoms with Crippen LogP contribution in [0.4, 0.5) is 0 Å². The third-order valence-corrected chi connectivity index (χ3v) is 4.18. The van der Waals surface area contributed by atoms with Crippen molar-refractivity contribution in [1.82, 2.24) is 10.2 Å². The van der Waals surface area contributed by atoms with Crippen molar-refractivity contribution in [3.63, 3.8) is 0 Å². The molecule has 1 aromatic carbocycles. The highest BCUT2D eigenvalue weighted by molar-refractivity contribution is 7.98. The number of rotatable bonds is 4. The molecule has 2 unspecified atom stereocenters. The summed E-state index contributed by atoms with van der Waals surface area (Å²) in [5, 5.41) is 3.41. The molecule has 0 spiro atoms. The Bertz CT molecular complexity index is 418. The van der Waals surface area contributed by atoms with Crippen LogP contribution in [0.1, 0.15) is 32.0 Å². The number of likely N-dealkylation sites (N-methyl/N-ethyl adjacent to an activating group) is 1. The third-order valence-electron chi connectivity index (χ3n) is 3.43. The number of thioether (sulfide) groups is 1. The summed E-state index contributed by atoms with van der Waals surface area (Å²) in [5.74, 6) is 0.221. The van der Waals surface area contributed by atoms with Crippen molar-refractivity contribution in [3.05, 3.63) is 29.8 Å². The van der Waals surface area contributed by atoms with Crippen LogP contribution in [0.3, 0.4) is 0 Å². The Morgan fingerprint density at radius 1 is 1.28 bits per heavy atom. The Balaban J connectivity index is 2.23. The van der Waals surface area contributed by atoms with E-state index < -0.39 is 0 Å². The summed E-state index contributed by atoms with van der Waals surface area (Å²) in [6.07, 6.45) is 2.94. The van der Waals surface area contributed by atoms with Gasteiger partial charge in [-0.1, -0.05) is 19.1 Å². The first kappa shape index (κ1) is 13.4. The molecule has 0 saturated carbocycles. The van der Waals surface area contributed by atoms with Crippen LogP contribution >= 0.6 is 11.8 Å². The normalized spacial score (nSPS) is 23.7. The minimum atomic E-state index is -0.0322. The van der Waals surface area contributed by atoms with Crippen molar-refractivity contribution < 1.29 is 4.79 Å². The molecular formula is C14H20N2OS. The van der Waals surface area contributed by atoms with Gasteiger partial charge in [0, 0.05) is 11.4 Å². The van der Waals surface area contributed by atoms with Crippen molar-refractivity contribution >= 4 is 17.7 Å². The molecule has 1 heterocycles. The first-order valence-electron chi connectivity index (χ1n) is 6.41. The molecule has 3 nitrogen and oxygen atoms in total. The second kappa shape index (κ2) is 5.76. The molecule has 1 N–H and O–H groups in total. The van der Waals surface area contributed by atoms with Gasteiger partial charge in [-0.25, -0.2) is 0 Å². The number of carbonyl (C=O) groups excluding carboxylic acids is 1. The van der Waals surface area contributed by atoms with Crippen LogP contribution in [-0.2, 0) is 4.79 Å². The fourth-order valence-corrected chi connectivity index (χ4v) is 2.78. The van der Waals surface area contributed by atoms with Crippen molar-refractivity contribution in [3.8, 4) is 0 Å². The summed E-state index contributed by atoms with van der Waals surface area (Å²) in [6.45, 7) is 4.82. The molecule has 1 aromatic rings. The maximum absolute atomic E-state index is 12.1. The second-order valence-electron chi connectivity index (χ2n) is 4.43. The Kier molecular flexibility index (Phi) is 4.30. The van der Waals surface area contributed by atoms with Gasteiger partial charge >= 0.3 is 0 Å². The first-order chi connectivity index (χ1) is 8.71. The Hall–Kier alpha value is -1.00. The number of benzene rings is 1. The predicted octanol–water partition coefficient (Wildman–Crippen LogP) is 2.64. The van der Waals surface area contributed by atoms with E-state index in [-0.39, 0.29) is 18.1 Å². The monoisotopic (exact) mass is 264 g/mol. The average molecular weight is 264 g/mol. The molecule has 1 fully saturated rings. The number of hydrogen-bond donors (Lipinski definition) is 1. The SMILES string of the molecule is CCC1NC(c2ccc(SC)cc2)N(CC)C1=O. The zero-order valence-electron chi connectivity index (χ0n) is 11.1. The van der Waals surface area contributed by atoms with Crippen LogP contribution in [0.2, 0.25) is 0 Å². The first-order valence-corrected chi connectivity index (χ1v) is 7.64. The average Bonchev–Trinajstić information content (AvgIpc) is 2.75. The van der Waals surface area contributed by atoms with Gasteiger partial charge in [-0.15, -0.1) is 11.8 Å². The number of amides is 1. The Morgan fingerprint density at radius 2 is 1.94 bits per heavy atom. The van der Waals surface area contributed by atoms with E-state index in [1.54, 1.807) is 11.8 Å². The molecule has 0 bridgehead atoms. The van der Waals surface area contributed by atoms with Crippen LogP contribution in [0.5, 0.6) is 0 Å². The van der Waals surface area contributed by atoms with Gasteiger partial charge in [0.25, 0.3) is 0 Å².